The lowest BCUT2D eigenvalue weighted by molar-refractivity contribution is -0.0133. The van der Waals surface area contributed by atoms with Crippen molar-refractivity contribution >= 4 is 6.08 Å². The first-order valence-electron chi connectivity index (χ1n) is 12.2. The lowest BCUT2D eigenvalue weighted by atomic mass is 9.68. The number of hydrogen-bond donors (Lipinski definition) is 2. The predicted octanol–water partition coefficient (Wildman–Crippen LogP) is 8.05. The van der Waals surface area contributed by atoms with Crippen LogP contribution in [0.15, 0.2) is 54.7 Å². The van der Waals surface area contributed by atoms with Crippen LogP contribution in [-0.2, 0) is 5.41 Å². The second kappa shape index (κ2) is 12.8. The van der Waals surface area contributed by atoms with Gasteiger partial charge < -0.3 is 10.1 Å². The molecule has 2 N–H and O–H groups in total. The molecule has 2 nitrogen and oxygen atoms in total. The molecule has 0 bridgehead atoms. The van der Waals surface area contributed by atoms with Crippen LogP contribution in [0.25, 0.3) is 6.08 Å². The van der Waals surface area contributed by atoms with Crippen molar-refractivity contribution in [3.8, 4) is 0 Å². The van der Waals surface area contributed by atoms with E-state index in [0.29, 0.717) is 0 Å². The van der Waals surface area contributed by atoms with E-state index in [9.17, 15) is 5.11 Å². The molecule has 30 heavy (non-hydrogen) atoms. The van der Waals surface area contributed by atoms with E-state index in [1.807, 2.05) is 6.20 Å². The van der Waals surface area contributed by atoms with Gasteiger partial charge in [-0.3, -0.25) is 0 Å². The van der Waals surface area contributed by atoms with E-state index in [2.05, 4.69) is 80.4 Å². The monoisotopic (exact) mass is 409 g/mol. The molecule has 1 aromatic carbocycles. The van der Waals surface area contributed by atoms with E-state index in [4.69, 9.17) is 0 Å². The molecule has 0 amide bonds. The lowest BCUT2D eigenvalue weighted by Crippen LogP contribution is -2.40. The summed E-state index contributed by atoms with van der Waals surface area (Å²) in [5, 5.41) is 11.8. The summed E-state index contributed by atoms with van der Waals surface area (Å²) in [5.41, 5.74) is 1.83. The van der Waals surface area contributed by atoms with Gasteiger partial charge in [0.15, 0.2) is 0 Å². The van der Waals surface area contributed by atoms with Crippen LogP contribution in [0.1, 0.15) is 103 Å². The summed E-state index contributed by atoms with van der Waals surface area (Å²) in [7, 11) is 0. The van der Waals surface area contributed by atoms with Crippen LogP contribution in [0.5, 0.6) is 0 Å². The fraction of sp³-hybridized carbons (Fsp3) is 0.571. The molecule has 0 saturated carbocycles. The van der Waals surface area contributed by atoms with Crippen LogP contribution in [0, 0.1) is 0 Å². The number of aromatic amines is 1. The Bertz CT molecular complexity index is 694. The van der Waals surface area contributed by atoms with Crippen LogP contribution in [0.2, 0.25) is 0 Å². The van der Waals surface area contributed by atoms with E-state index >= 15 is 0 Å². The van der Waals surface area contributed by atoms with Crippen molar-refractivity contribution in [2.24, 2.45) is 0 Å². The van der Waals surface area contributed by atoms with Gasteiger partial charge in [0, 0.05) is 17.3 Å². The maximum Gasteiger partial charge on any atom is 0.0657 e. The summed E-state index contributed by atoms with van der Waals surface area (Å²) in [6, 6.07) is 14.8. The van der Waals surface area contributed by atoms with Gasteiger partial charge in [0.2, 0.25) is 0 Å². The van der Waals surface area contributed by atoms with E-state index in [-0.39, 0.29) is 5.41 Å². The molecule has 0 fully saturated rings. The van der Waals surface area contributed by atoms with Crippen molar-refractivity contribution in [3.05, 3.63) is 66.0 Å². The number of aliphatic hydroxyl groups is 1. The Morgan fingerprint density at radius 2 is 1.53 bits per heavy atom. The minimum Gasteiger partial charge on any atom is -0.390 e. The minimum absolute atomic E-state index is 0.0675. The summed E-state index contributed by atoms with van der Waals surface area (Å²) < 4.78 is 0. The molecule has 1 aromatic heterocycles. The molecular formula is C28H43NO. The van der Waals surface area contributed by atoms with Gasteiger partial charge >= 0.3 is 0 Å². The smallest absolute Gasteiger partial charge is 0.0657 e. The van der Waals surface area contributed by atoms with E-state index < -0.39 is 5.60 Å². The van der Waals surface area contributed by atoms with Crippen LogP contribution < -0.4 is 0 Å². The van der Waals surface area contributed by atoms with Crippen molar-refractivity contribution in [3.63, 3.8) is 0 Å². The molecule has 0 radical (unpaired) electrons. The fourth-order valence-electron chi connectivity index (χ4n) is 4.72. The number of hydrogen-bond acceptors (Lipinski definition) is 1. The average molecular weight is 410 g/mol. The minimum atomic E-state index is -0.591. The first-order chi connectivity index (χ1) is 14.6. The van der Waals surface area contributed by atoms with E-state index in [1.165, 1.54) is 36.9 Å². The van der Waals surface area contributed by atoms with Crippen molar-refractivity contribution in [2.75, 3.05) is 0 Å². The second-order valence-corrected chi connectivity index (χ2v) is 9.05. The Balaban J connectivity index is 2.25. The Morgan fingerprint density at radius 1 is 0.867 bits per heavy atom. The second-order valence-electron chi connectivity index (χ2n) is 9.05. The molecule has 0 aliphatic heterocycles. The van der Waals surface area contributed by atoms with Crippen molar-refractivity contribution in [2.45, 2.75) is 102 Å². The van der Waals surface area contributed by atoms with Gasteiger partial charge in [0.1, 0.15) is 0 Å². The molecule has 1 unspecified atom stereocenters. The molecular weight excluding hydrogens is 366 g/mol. The zero-order valence-electron chi connectivity index (χ0n) is 19.5. The fourth-order valence-corrected chi connectivity index (χ4v) is 4.72. The average Bonchev–Trinajstić information content (AvgIpc) is 3.30. The number of nitrogens with one attached hydrogen (secondary N) is 1. The maximum atomic E-state index is 11.8. The zero-order valence-corrected chi connectivity index (χ0v) is 19.5. The Morgan fingerprint density at radius 3 is 2.07 bits per heavy atom. The third-order valence-electron chi connectivity index (χ3n) is 6.62. The van der Waals surface area contributed by atoms with E-state index in [1.54, 1.807) is 0 Å². The van der Waals surface area contributed by atoms with E-state index in [0.717, 1.165) is 44.9 Å². The standard InChI is InChI=1S/C28H43NO/c1-4-7-12-21-28(30,22-13-8-5-2)24-27(6-3,26-19-15-23-29-26)20-14-18-25-16-10-9-11-17-25/h9-11,14-19,23,29-30H,4-8,12-13,20-22,24H2,1-3H3. The maximum absolute atomic E-state index is 11.8. The number of aromatic nitrogens is 1. The summed E-state index contributed by atoms with van der Waals surface area (Å²) in [4.78, 5) is 3.49. The topological polar surface area (TPSA) is 36.0 Å². The Hall–Kier alpha value is -1.80. The quantitative estimate of drug-likeness (QED) is 0.287. The Labute approximate surface area is 184 Å². The van der Waals surface area contributed by atoms with Gasteiger partial charge in [-0.1, -0.05) is 102 Å². The van der Waals surface area contributed by atoms with Crippen LogP contribution in [-0.4, -0.2) is 15.7 Å². The highest BCUT2D eigenvalue weighted by Gasteiger charge is 2.39. The predicted molar refractivity (Wildman–Crippen MR) is 131 cm³/mol. The number of rotatable bonds is 15. The number of unbranched alkanes of at least 4 members (excludes halogenated alkanes) is 4. The molecule has 2 heteroatoms. The molecule has 0 aliphatic rings. The number of H-pyrrole nitrogens is 1. The summed E-state index contributed by atoms with van der Waals surface area (Å²) >= 11 is 0. The molecule has 2 rings (SSSR count). The SMILES string of the molecule is CCCCCC(O)(CCCCC)CC(CC)(CC=Cc1ccccc1)c1ccc[nH]1. The lowest BCUT2D eigenvalue weighted by Gasteiger charge is -2.40. The number of benzene rings is 1. The van der Waals surface area contributed by atoms with Gasteiger partial charge in [-0.2, -0.15) is 0 Å². The molecule has 166 valence electrons. The van der Waals surface area contributed by atoms with Gasteiger partial charge in [-0.25, -0.2) is 0 Å². The molecule has 2 aromatic rings. The normalized spacial score (nSPS) is 14.3. The van der Waals surface area contributed by atoms with Gasteiger partial charge in [-0.15, -0.1) is 0 Å². The van der Waals surface area contributed by atoms with Gasteiger partial charge in [-0.05, 0) is 49.8 Å². The molecule has 1 atom stereocenters. The summed E-state index contributed by atoms with van der Waals surface area (Å²) in [5.74, 6) is 0. The van der Waals surface area contributed by atoms with Crippen molar-refractivity contribution in [1.82, 2.24) is 4.98 Å². The number of allylic oxidation sites excluding steroid dienone is 1. The molecule has 1 heterocycles. The highest BCUT2D eigenvalue weighted by molar-refractivity contribution is 5.49. The largest absolute Gasteiger partial charge is 0.390 e. The molecule has 0 spiro atoms. The summed E-state index contributed by atoms with van der Waals surface area (Å²) in [6.07, 6.45) is 18.2. The first-order valence-corrected chi connectivity index (χ1v) is 12.2. The molecule has 0 saturated heterocycles. The van der Waals surface area contributed by atoms with Crippen LogP contribution >= 0.6 is 0 Å². The third-order valence-corrected chi connectivity index (χ3v) is 6.62. The zero-order chi connectivity index (χ0) is 21.7. The highest BCUT2D eigenvalue weighted by Crippen LogP contribution is 2.42. The van der Waals surface area contributed by atoms with Crippen molar-refractivity contribution in [1.29, 1.82) is 0 Å². The van der Waals surface area contributed by atoms with Gasteiger partial charge in [0.25, 0.3) is 0 Å². The van der Waals surface area contributed by atoms with Crippen LogP contribution in [0.3, 0.4) is 0 Å². The Kier molecular flexibility index (Phi) is 10.4. The van der Waals surface area contributed by atoms with Crippen LogP contribution in [0.4, 0.5) is 0 Å². The first kappa shape index (κ1) is 24.5. The molecule has 0 aliphatic carbocycles. The highest BCUT2D eigenvalue weighted by atomic mass is 16.3. The van der Waals surface area contributed by atoms with Crippen molar-refractivity contribution < 1.29 is 5.11 Å². The third kappa shape index (κ3) is 7.47. The summed E-state index contributed by atoms with van der Waals surface area (Å²) in [6.45, 7) is 6.75. The van der Waals surface area contributed by atoms with Gasteiger partial charge in [0.05, 0.1) is 5.60 Å².